The van der Waals surface area contributed by atoms with Gasteiger partial charge in [0.25, 0.3) is 0 Å². The first-order valence-corrected chi connectivity index (χ1v) is 8.55. The van der Waals surface area contributed by atoms with Crippen LogP contribution >= 0.6 is 27.3 Å². The number of aromatic nitrogens is 1. The van der Waals surface area contributed by atoms with Crippen LogP contribution in [0.25, 0.3) is 0 Å². The van der Waals surface area contributed by atoms with Crippen molar-refractivity contribution in [2.75, 3.05) is 6.54 Å². The largest absolute Gasteiger partial charge is 0.310 e. The van der Waals surface area contributed by atoms with Crippen molar-refractivity contribution in [3.63, 3.8) is 0 Å². The molecule has 1 aromatic carbocycles. The highest BCUT2D eigenvalue weighted by Crippen LogP contribution is 2.28. The summed E-state index contributed by atoms with van der Waals surface area (Å²) in [6.45, 7) is 9.51. The number of hydrogen-bond donors (Lipinski definition) is 1. The van der Waals surface area contributed by atoms with E-state index in [1.54, 1.807) is 0 Å². The molecule has 0 amide bonds. The molecule has 1 atom stereocenters. The van der Waals surface area contributed by atoms with Crippen molar-refractivity contribution in [3.8, 4) is 0 Å². The second-order valence-corrected chi connectivity index (χ2v) is 7.16. The summed E-state index contributed by atoms with van der Waals surface area (Å²) >= 11 is 5.44. The molecule has 0 radical (unpaired) electrons. The van der Waals surface area contributed by atoms with Gasteiger partial charge in [-0.1, -0.05) is 35.0 Å². The van der Waals surface area contributed by atoms with E-state index >= 15 is 0 Å². The van der Waals surface area contributed by atoms with Crippen molar-refractivity contribution in [3.05, 3.63) is 49.4 Å². The van der Waals surface area contributed by atoms with Crippen LogP contribution in [0.4, 0.5) is 0 Å². The maximum absolute atomic E-state index is 4.68. The molecule has 0 aliphatic rings. The lowest BCUT2D eigenvalue weighted by Crippen LogP contribution is -2.23. The molecule has 1 unspecified atom stereocenters. The zero-order chi connectivity index (χ0) is 14.7. The summed E-state index contributed by atoms with van der Waals surface area (Å²) in [6.07, 6.45) is 0.949. The Morgan fingerprint density at radius 3 is 2.65 bits per heavy atom. The quantitative estimate of drug-likeness (QED) is 0.841. The normalized spacial score (nSPS) is 12.7. The summed E-state index contributed by atoms with van der Waals surface area (Å²) in [7, 11) is 0. The highest BCUT2D eigenvalue weighted by molar-refractivity contribution is 9.10. The zero-order valence-electron chi connectivity index (χ0n) is 12.5. The molecule has 0 aliphatic heterocycles. The number of halogens is 1. The Bertz CT molecular complexity index is 573. The van der Waals surface area contributed by atoms with Crippen molar-refractivity contribution in [2.45, 2.75) is 40.2 Å². The van der Waals surface area contributed by atoms with E-state index in [4.69, 9.17) is 0 Å². The highest BCUT2D eigenvalue weighted by Gasteiger charge is 2.17. The van der Waals surface area contributed by atoms with Crippen LogP contribution in [0.5, 0.6) is 0 Å². The van der Waals surface area contributed by atoms with E-state index in [0.29, 0.717) is 6.04 Å². The fourth-order valence-corrected chi connectivity index (χ4v) is 3.70. The number of thiazole rings is 1. The third kappa shape index (κ3) is 3.48. The molecule has 0 saturated heterocycles. The minimum absolute atomic E-state index is 0.322. The average molecular weight is 353 g/mol. The first-order valence-electron chi connectivity index (χ1n) is 6.94. The molecule has 1 N–H and O–H groups in total. The first kappa shape index (κ1) is 15.7. The number of nitrogens with one attached hydrogen (secondary N) is 1. The van der Waals surface area contributed by atoms with Gasteiger partial charge in [0.1, 0.15) is 0 Å². The molecule has 108 valence electrons. The van der Waals surface area contributed by atoms with E-state index in [1.807, 2.05) is 11.3 Å². The van der Waals surface area contributed by atoms with E-state index in [2.05, 4.69) is 72.1 Å². The molecule has 0 fully saturated rings. The van der Waals surface area contributed by atoms with Crippen LogP contribution in [-0.2, 0) is 6.42 Å². The molecule has 0 saturated carbocycles. The van der Waals surface area contributed by atoms with Crippen molar-refractivity contribution in [1.82, 2.24) is 10.3 Å². The molecule has 20 heavy (non-hydrogen) atoms. The summed E-state index contributed by atoms with van der Waals surface area (Å²) in [5.41, 5.74) is 3.82. The Morgan fingerprint density at radius 2 is 2.05 bits per heavy atom. The molecular formula is C16H21BrN2S. The second-order valence-electron chi connectivity index (χ2n) is 5.02. The van der Waals surface area contributed by atoms with Crippen molar-refractivity contribution in [2.24, 2.45) is 0 Å². The van der Waals surface area contributed by atoms with Gasteiger partial charge in [0.2, 0.25) is 0 Å². The zero-order valence-corrected chi connectivity index (χ0v) is 14.9. The number of aryl methyl sites for hydroxylation is 2. The van der Waals surface area contributed by atoms with Crippen LogP contribution < -0.4 is 5.32 Å². The maximum atomic E-state index is 4.68. The second kappa shape index (κ2) is 6.83. The summed E-state index contributed by atoms with van der Waals surface area (Å²) in [6, 6.07) is 6.73. The Hall–Kier alpha value is -0.710. The summed E-state index contributed by atoms with van der Waals surface area (Å²) in [5, 5.41) is 4.80. The van der Waals surface area contributed by atoms with Gasteiger partial charge in [-0.25, -0.2) is 4.98 Å². The number of hydrogen-bond acceptors (Lipinski definition) is 3. The molecule has 1 heterocycles. The van der Waals surface area contributed by atoms with Gasteiger partial charge in [-0.05, 0) is 44.5 Å². The van der Waals surface area contributed by atoms with Gasteiger partial charge in [-0.3, -0.25) is 0 Å². The Labute approximate surface area is 133 Å². The number of benzene rings is 1. The third-order valence-corrected chi connectivity index (χ3v) is 5.54. The van der Waals surface area contributed by atoms with Crippen LogP contribution in [-0.4, -0.2) is 11.5 Å². The van der Waals surface area contributed by atoms with E-state index in [0.717, 1.165) is 18.7 Å². The van der Waals surface area contributed by atoms with Crippen LogP contribution in [0.3, 0.4) is 0 Å². The standard InChI is InChI=1S/C16H21BrN2S/c1-5-18-15(9-16-19-11(3)12(4)20-16)13-7-6-8-14(17)10(13)2/h6-8,15,18H,5,9H2,1-4H3. The van der Waals surface area contributed by atoms with Crippen LogP contribution in [0.15, 0.2) is 22.7 Å². The van der Waals surface area contributed by atoms with Gasteiger partial charge in [0.05, 0.1) is 10.7 Å². The Kier molecular flexibility index (Phi) is 5.35. The molecule has 2 aromatic rings. The summed E-state index contributed by atoms with van der Waals surface area (Å²) in [5.74, 6) is 0. The predicted octanol–water partition coefficient (Wildman–Crippen LogP) is 4.72. The minimum Gasteiger partial charge on any atom is -0.310 e. The molecule has 2 rings (SSSR count). The lowest BCUT2D eigenvalue weighted by atomic mass is 9.99. The Morgan fingerprint density at radius 1 is 1.30 bits per heavy atom. The predicted molar refractivity (Wildman–Crippen MR) is 90.6 cm³/mol. The van der Waals surface area contributed by atoms with E-state index in [1.165, 1.54) is 25.5 Å². The number of nitrogens with zero attached hydrogens (tertiary/aromatic N) is 1. The minimum atomic E-state index is 0.322. The Balaban J connectivity index is 2.29. The van der Waals surface area contributed by atoms with Gasteiger partial charge >= 0.3 is 0 Å². The lowest BCUT2D eigenvalue weighted by molar-refractivity contribution is 0.545. The molecule has 0 bridgehead atoms. The van der Waals surface area contributed by atoms with E-state index in [-0.39, 0.29) is 0 Å². The molecule has 0 aliphatic carbocycles. The van der Waals surface area contributed by atoms with E-state index < -0.39 is 0 Å². The summed E-state index contributed by atoms with van der Waals surface area (Å²) < 4.78 is 1.17. The van der Waals surface area contributed by atoms with Crippen LogP contribution in [0.2, 0.25) is 0 Å². The van der Waals surface area contributed by atoms with Gasteiger partial charge in [-0.2, -0.15) is 0 Å². The molecule has 2 nitrogen and oxygen atoms in total. The topological polar surface area (TPSA) is 24.9 Å². The fourth-order valence-electron chi connectivity index (χ4n) is 2.34. The van der Waals surface area contributed by atoms with Crippen LogP contribution in [0.1, 0.15) is 39.7 Å². The van der Waals surface area contributed by atoms with Gasteiger partial charge in [0.15, 0.2) is 0 Å². The lowest BCUT2D eigenvalue weighted by Gasteiger charge is -2.20. The van der Waals surface area contributed by atoms with E-state index in [9.17, 15) is 0 Å². The average Bonchev–Trinajstić information content (AvgIpc) is 2.71. The highest BCUT2D eigenvalue weighted by atomic mass is 79.9. The molecule has 1 aromatic heterocycles. The fraction of sp³-hybridized carbons (Fsp3) is 0.438. The first-order chi connectivity index (χ1) is 9.52. The van der Waals surface area contributed by atoms with Crippen molar-refractivity contribution < 1.29 is 0 Å². The number of likely N-dealkylation sites (N-methyl/N-ethyl adjacent to an activating group) is 1. The SMILES string of the molecule is CCNC(Cc1nc(C)c(C)s1)c1cccc(Br)c1C. The smallest absolute Gasteiger partial charge is 0.0949 e. The van der Waals surface area contributed by atoms with Crippen molar-refractivity contribution in [1.29, 1.82) is 0 Å². The number of rotatable bonds is 5. The maximum Gasteiger partial charge on any atom is 0.0949 e. The van der Waals surface area contributed by atoms with Crippen molar-refractivity contribution >= 4 is 27.3 Å². The third-order valence-electron chi connectivity index (χ3n) is 3.59. The molecule has 0 spiro atoms. The van der Waals surface area contributed by atoms with Crippen LogP contribution in [0, 0.1) is 20.8 Å². The van der Waals surface area contributed by atoms with Gasteiger partial charge < -0.3 is 5.32 Å². The monoisotopic (exact) mass is 352 g/mol. The molecule has 4 heteroatoms. The molecular weight excluding hydrogens is 332 g/mol. The van der Waals surface area contributed by atoms with Gasteiger partial charge in [-0.15, -0.1) is 11.3 Å². The summed E-state index contributed by atoms with van der Waals surface area (Å²) in [4.78, 5) is 6.00. The van der Waals surface area contributed by atoms with Gasteiger partial charge in [0, 0.05) is 21.8 Å².